The quantitative estimate of drug-likeness (QED) is 0.306. The molecule has 5 aromatic rings. The summed E-state index contributed by atoms with van der Waals surface area (Å²) in [7, 11) is 0. The monoisotopic (exact) mass is 518 g/mol. The molecular formula is C30H8F2N8. The number of hydrogen-bond donors (Lipinski definition) is 0. The molecule has 0 radical (unpaired) electrons. The summed E-state index contributed by atoms with van der Waals surface area (Å²) >= 11 is 0. The van der Waals surface area contributed by atoms with Crippen LogP contribution in [-0.4, -0.2) is 0 Å². The predicted octanol–water partition coefficient (Wildman–Crippen LogP) is 4.73. The lowest BCUT2D eigenvalue weighted by molar-refractivity contribution is 0.627. The van der Waals surface area contributed by atoms with Crippen molar-refractivity contribution in [1.82, 2.24) is 0 Å². The minimum absolute atomic E-state index is 0.0281. The van der Waals surface area contributed by atoms with Crippen LogP contribution in [0.2, 0.25) is 0 Å². The summed E-state index contributed by atoms with van der Waals surface area (Å²) in [6.45, 7) is 0. The Morgan fingerprint density at radius 3 is 1.05 bits per heavy atom. The summed E-state index contributed by atoms with van der Waals surface area (Å²) in [4.78, 5) is 7.76. The summed E-state index contributed by atoms with van der Waals surface area (Å²) in [5, 5.41) is 60.0. The molecule has 0 spiro atoms. The van der Waals surface area contributed by atoms with Gasteiger partial charge in [-0.05, 0) is 35.4 Å². The van der Waals surface area contributed by atoms with Crippen molar-refractivity contribution in [3.8, 4) is 58.9 Å². The molecule has 40 heavy (non-hydrogen) atoms. The van der Waals surface area contributed by atoms with Gasteiger partial charge in [-0.25, -0.2) is 8.78 Å². The minimum Gasteiger partial charge on any atom is -0.207 e. The third kappa shape index (κ3) is 3.44. The number of rotatable bonds is 2. The Kier molecular flexibility index (Phi) is 6.00. The van der Waals surface area contributed by atoms with Crippen molar-refractivity contribution in [2.75, 3.05) is 0 Å². The van der Waals surface area contributed by atoms with Crippen LogP contribution < -0.4 is 10.7 Å². The van der Waals surface area contributed by atoms with Gasteiger partial charge in [-0.2, -0.15) is 41.6 Å². The number of nitriles is 6. The molecular weight excluding hydrogens is 510 g/mol. The molecule has 0 fully saturated rings. The molecule has 0 saturated heterocycles. The zero-order valence-electron chi connectivity index (χ0n) is 20.0. The third-order valence-electron chi connectivity index (χ3n) is 6.48. The van der Waals surface area contributed by atoms with E-state index >= 15 is 0 Å². The van der Waals surface area contributed by atoms with E-state index < -0.39 is 11.6 Å². The molecule has 0 atom stereocenters. The van der Waals surface area contributed by atoms with Crippen molar-refractivity contribution >= 4 is 21.5 Å². The smallest absolute Gasteiger partial charge is 0.206 e. The third-order valence-corrected chi connectivity index (χ3v) is 6.48. The summed E-state index contributed by atoms with van der Waals surface area (Å²) < 4.78 is 27.4. The molecule has 5 aromatic carbocycles. The van der Waals surface area contributed by atoms with Gasteiger partial charge in [0.15, 0.2) is 0 Å². The maximum atomic E-state index is 13.7. The van der Waals surface area contributed by atoms with Gasteiger partial charge in [0.05, 0.1) is 33.0 Å². The van der Waals surface area contributed by atoms with Crippen LogP contribution in [-0.2, 0) is 0 Å². The summed E-state index contributed by atoms with van der Waals surface area (Å²) in [6, 6.07) is 18.1. The van der Waals surface area contributed by atoms with E-state index in [2.05, 4.69) is 9.98 Å². The Morgan fingerprint density at radius 2 is 0.775 bits per heavy atom. The van der Waals surface area contributed by atoms with Crippen LogP contribution in [0.1, 0.15) is 22.3 Å². The van der Waals surface area contributed by atoms with Gasteiger partial charge in [-0.3, -0.25) is 0 Å². The van der Waals surface area contributed by atoms with E-state index in [0.717, 1.165) is 24.3 Å². The summed E-state index contributed by atoms with van der Waals surface area (Å²) in [6.07, 6.45) is 3.31. The molecule has 0 aliphatic carbocycles. The van der Waals surface area contributed by atoms with Crippen LogP contribution >= 0.6 is 0 Å². The summed E-state index contributed by atoms with van der Waals surface area (Å²) in [5.74, 6) is -1.11. The van der Waals surface area contributed by atoms with E-state index in [0.29, 0.717) is 11.1 Å². The van der Waals surface area contributed by atoms with Gasteiger partial charge in [0.2, 0.25) is 12.4 Å². The highest BCUT2D eigenvalue weighted by Crippen LogP contribution is 2.41. The minimum atomic E-state index is -0.555. The Morgan fingerprint density at radius 1 is 0.450 bits per heavy atom. The largest absolute Gasteiger partial charge is 0.207 e. The first-order valence-corrected chi connectivity index (χ1v) is 11.3. The van der Waals surface area contributed by atoms with E-state index in [1.807, 2.05) is 24.3 Å². The molecule has 0 unspecified atom stereocenters. The molecule has 8 nitrogen and oxygen atoms in total. The van der Waals surface area contributed by atoms with Crippen molar-refractivity contribution in [1.29, 1.82) is 31.6 Å². The van der Waals surface area contributed by atoms with E-state index in [1.54, 1.807) is 12.4 Å². The Bertz CT molecular complexity index is 2120. The number of halogens is 2. The SMILES string of the molecule is N#CN=c1c(-c2ccc(F)cc2)c(C#N)c2c(C#N)c3c(=NC#N)c(-c4ccc(F)cc4)c(C#N)c3c(C#N)c12. The van der Waals surface area contributed by atoms with Crippen molar-refractivity contribution < 1.29 is 8.78 Å². The van der Waals surface area contributed by atoms with Crippen LogP contribution in [0.4, 0.5) is 8.78 Å². The molecule has 0 heterocycles. The van der Waals surface area contributed by atoms with Gasteiger partial charge < -0.3 is 0 Å². The molecule has 0 N–H and O–H groups in total. The first-order valence-electron chi connectivity index (χ1n) is 11.3. The molecule has 0 bridgehead atoms. The fourth-order valence-electron chi connectivity index (χ4n) is 5.03. The molecule has 10 heteroatoms. The first kappa shape index (κ1) is 25.0. The highest BCUT2D eigenvalue weighted by atomic mass is 19.1. The van der Waals surface area contributed by atoms with Gasteiger partial charge in [0, 0.05) is 32.7 Å². The fraction of sp³-hybridized carbons (Fsp3) is 0. The first-order chi connectivity index (χ1) is 19.4. The van der Waals surface area contributed by atoms with Gasteiger partial charge in [0.1, 0.15) is 35.9 Å². The topological polar surface area (TPSA) is 167 Å². The van der Waals surface area contributed by atoms with Crippen molar-refractivity contribution in [3.05, 3.63) is 93.1 Å². The maximum Gasteiger partial charge on any atom is 0.206 e. The number of fused-ring (bicyclic) bond motifs is 2. The predicted molar refractivity (Wildman–Crippen MR) is 136 cm³/mol. The second kappa shape index (κ2) is 9.63. The molecule has 182 valence electrons. The zero-order valence-corrected chi connectivity index (χ0v) is 20.0. The van der Waals surface area contributed by atoms with Gasteiger partial charge in [-0.15, -0.1) is 0 Å². The highest BCUT2D eigenvalue weighted by Gasteiger charge is 2.30. The van der Waals surface area contributed by atoms with Crippen LogP contribution in [0.25, 0.3) is 43.8 Å². The molecule has 5 rings (SSSR count). The second-order valence-electron chi connectivity index (χ2n) is 8.33. The van der Waals surface area contributed by atoms with Gasteiger partial charge >= 0.3 is 0 Å². The van der Waals surface area contributed by atoms with Crippen LogP contribution in [0, 0.1) is 79.9 Å². The Balaban J connectivity index is 2.19. The summed E-state index contributed by atoms with van der Waals surface area (Å²) in [5.41, 5.74) is 0.193. The lowest BCUT2D eigenvalue weighted by Gasteiger charge is -2.03. The average molecular weight is 518 g/mol. The van der Waals surface area contributed by atoms with E-state index in [-0.39, 0.29) is 65.6 Å². The van der Waals surface area contributed by atoms with Crippen LogP contribution in [0.3, 0.4) is 0 Å². The lowest BCUT2D eigenvalue weighted by Crippen LogP contribution is -2.06. The normalized spacial score (nSPS) is 11.4. The van der Waals surface area contributed by atoms with E-state index in [9.17, 15) is 40.4 Å². The molecule has 0 aliphatic rings. The van der Waals surface area contributed by atoms with Crippen LogP contribution in [0.15, 0.2) is 58.5 Å². The second-order valence-corrected chi connectivity index (χ2v) is 8.33. The van der Waals surface area contributed by atoms with Crippen molar-refractivity contribution in [2.24, 2.45) is 9.98 Å². The number of benzene rings is 3. The van der Waals surface area contributed by atoms with Gasteiger partial charge in [-0.1, -0.05) is 24.3 Å². The zero-order chi connectivity index (χ0) is 28.6. The Hall–Kier alpha value is -6.72. The van der Waals surface area contributed by atoms with E-state index in [4.69, 9.17) is 0 Å². The molecule has 0 aliphatic heterocycles. The molecule has 0 aromatic heterocycles. The highest BCUT2D eigenvalue weighted by molar-refractivity contribution is 6.18. The molecule has 0 saturated carbocycles. The van der Waals surface area contributed by atoms with Crippen molar-refractivity contribution in [2.45, 2.75) is 0 Å². The molecule has 0 amide bonds. The fourth-order valence-corrected chi connectivity index (χ4v) is 5.03. The van der Waals surface area contributed by atoms with Crippen LogP contribution in [0.5, 0.6) is 0 Å². The average Bonchev–Trinajstić information content (AvgIpc) is 3.46. The van der Waals surface area contributed by atoms with Crippen molar-refractivity contribution in [3.63, 3.8) is 0 Å². The van der Waals surface area contributed by atoms with E-state index in [1.165, 1.54) is 24.3 Å². The maximum absolute atomic E-state index is 13.7. The Labute approximate surface area is 224 Å². The number of nitrogens with zero attached hydrogens (tertiary/aromatic N) is 8. The lowest BCUT2D eigenvalue weighted by atomic mass is 9.94. The number of hydrogen-bond acceptors (Lipinski definition) is 8. The van der Waals surface area contributed by atoms with Gasteiger partial charge in [0.25, 0.3) is 0 Å². The standard InChI is InChI=1S/C30H8F2N8/c31-17-5-1-15(2-6-17)23-19(9-33)25-21(11-35)28-26(22(12-36)27(25)29(23)39-13-37)20(10-34)24(30(28)40-14-38)16-3-7-18(32)8-4-16/h1-8H.